The summed E-state index contributed by atoms with van der Waals surface area (Å²) < 4.78 is 0. The summed E-state index contributed by atoms with van der Waals surface area (Å²) in [5.74, 6) is 0.936. The number of hydrogen-bond donors (Lipinski definition) is 1. The summed E-state index contributed by atoms with van der Waals surface area (Å²) in [6.07, 6.45) is 5.44. The highest BCUT2D eigenvalue weighted by Crippen LogP contribution is 2.27. The van der Waals surface area contributed by atoms with Crippen molar-refractivity contribution in [2.45, 2.75) is 45.2 Å². The average molecular weight is 244 g/mol. The zero-order valence-corrected chi connectivity index (χ0v) is 11.4. The van der Waals surface area contributed by atoms with Gasteiger partial charge in [0, 0.05) is 31.4 Å². The minimum atomic E-state index is 0.801. The van der Waals surface area contributed by atoms with E-state index in [0.717, 1.165) is 18.5 Å². The van der Waals surface area contributed by atoms with E-state index in [1.165, 1.54) is 50.0 Å². The molecule has 1 aliphatic heterocycles. The maximum Gasteiger partial charge on any atom is 0.0366 e. The van der Waals surface area contributed by atoms with Gasteiger partial charge < -0.3 is 10.2 Å². The first-order valence-corrected chi connectivity index (χ1v) is 7.42. The van der Waals surface area contributed by atoms with Gasteiger partial charge in [-0.3, -0.25) is 0 Å². The van der Waals surface area contributed by atoms with E-state index in [-0.39, 0.29) is 0 Å². The van der Waals surface area contributed by atoms with Gasteiger partial charge in [-0.1, -0.05) is 25.5 Å². The molecular formula is C16H24N2. The minimum Gasteiger partial charge on any atom is -0.371 e. The molecule has 18 heavy (non-hydrogen) atoms. The monoisotopic (exact) mass is 244 g/mol. The Morgan fingerprint density at radius 3 is 2.50 bits per heavy atom. The van der Waals surface area contributed by atoms with Gasteiger partial charge in [0.05, 0.1) is 0 Å². The molecule has 2 nitrogen and oxygen atoms in total. The van der Waals surface area contributed by atoms with Crippen LogP contribution in [0.3, 0.4) is 0 Å². The molecule has 1 aliphatic carbocycles. The lowest BCUT2D eigenvalue weighted by atomic mass is 9.94. The lowest BCUT2D eigenvalue weighted by Gasteiger charge is -2.41. The van der Waals surface area contributed by atoms with E-state index in [2.05, 4.69) is 41.4 Å². The first-order chi connectivity index (χ1) is 8.85. The van der Waals surface area contributed by atoms with Crippen molar-refractivity contribution in [2.75, 3.05) is 18.0 Å². The van der Waals surface area contributed by atoms with Gasteiger partial charge >= 0.3 is 0 Å². The summed E-state index contributed by atoms with van der Waals surface area (Å²) in [5.41, 5.74) is 2.81. The van der Waals surface area contributed by atoms with Crippen LogP contribution in [-0.2, 0) is 6.54 Å². The van der Waals surface area contributed by atoms with Crippen LogP contribution in [0.4, 0.5) is 5.69 Å². The molecule has 1 saturated carbocycles. The fourth-order valence-electron chi connectivity index (χ4n) is 2.75. The van der Waals surface area contributed by atoms with Crippen LogP contribution in [0.15, 0.2) is 24.3 Å². The molecule has 98 valence electrons. The van der Waals surface area contributed by atoms with Gasteiger partial charge in [0.2, 0.25) is 0 Å². The predicted octanol–water partition coefficient (Wildman–Crippen LogP) is 3.17. The van der Waals surface area contributed by atoms with E-state index in [0.29, 0.717) is 0 Å². The predicted molar refractivity (Wildman–Crippen MR) is 76.9 cm³/mol. The molecule has 1 N–H and O–H groups in total. The average Bonchev–Trinajstić information content (AvgIpc) is 3.16. The van der Waals surface area contributed by atoms with E-state index in [4.69, 9.17) is 0 Å². The molecule has 2 heteroatoms. The van der Waals surface area contributed by atoms with Crippen LogP contribution in [0, 0.1) is 5.92 Å². The van der Waals surface area contributed by atoms with Gasteiger partial charge in [-0.15, -0.1) is 0 Å². The van der Waals surface area contributed by atoms with Gasteiger partial charge in [0.1, 0.15) is 0 Å². The van der Waals surface area contributed by atoms with Gasteiger partial charge in [-0.05, 0) is 42.9 Å². The summed E-state index contributed by atoms with van der Waals surface area (Å²) in [4.78, 5) is 2.50. The topological polar surface area (TPSA) is 15.3 Å². The van der Waals surface area contributed by atoms with Crippen molar-refractivity contribution >= 4 is 5.69 Å². The number of hydrogen-bond acceptors (Lipinski definition) is 2. The van der Waals surface area contributed by atoms with Crippen LogP contribution >= 0.6 is 0 Å². The second-order valence-electron chi connectivity index (χ2n) is 5.88. The maximum absolute atomic E-state index is 3.56. The van der Waals surface area contributed by atoms with Gasteiger partial charge in [0.15, 0.2) is 0 Å². The lowest BCUT2D eigenvalue weighted by Crippen LogP contribution is -2.46. The maximum atomic E-state index is 3.56. The van der Waals surface area contributed by atoms with Crippen molar-refractivity contribution < 1.29 is 0 Å². The first kappa shape index (κ1) is 12.0. The molecule has 0 radical (unpaired) electrons. The molecule has 0 aromatic heterocycles. The third-order valence-electron chi connectivity index (χ3n) is 4.13. The van der Waals surface area contributed by atoms with Crippen molar-refractivity contribution in [2.24, 2.45) is 5.92 Å². The zero-order valence-electron chi connectivity index (χ0n) is 11.4. The molecule has 1 aromatic carbocycles. The van der Waals surface area contributed by atoms with Crippen molar-refractivity contribution in [1.82, 2.24) is 5.32 Å². The highest BCUT2D eigenvalue weighted by molar-refractivity contribution is 5.49. The molecule has 1 aromatic rings. The fourth-order valence-corrected chi connectivity index (χ4v) is 2.75. The molecule has 1 heterocycles. The quantitative estimate of drug-likeness (QED) is 0.827. The molecular weight excluding hydrogens is 220 g/mol. The summed E-state index contributed by atoms with van der Waals surface area (Å²) in [7, 11) is 0. The largest absolute Gasteiger partial charge is 0.371 e. The Balaban J connectivity index is 1.48. The standard InChI is InChI=1S/C16H24N2/c1-2-3-14-11-18(12-14)16-8-4-13(5-9-16)10-17-15-6-7-15/h4-5,8-9,14-15,17H,2-3,6-7,10-12H2,1H3. The Bertz CT molecular complexity index is 375. The van der Waals surface area contributed by atoms with Gasteiger partial charge in [-0.2, -0.15) is 0 Å². The molecule has 1 saturated heterocycles. The molecule has 0 unspecified atom stereocenters. The van der Waals surface area contributed by atoms with Gasteiger partial charge in [0.25, 0.3) is 0 Å². The zero-order chi connectivity index (χ0) is 12.4. The third-order valence-corrected chi connectivity index (χ3v) is 4.13. The van der Waals surface area contributed by atoms with Crippen molar-refractivity contribution in [1.29, 1.82) is 0 Å². The van der Waals surface area contributed by atoms with Crippen molar-refractivity contribution in [3.8, 4) is 0 Å². The molecule has 3 rings (SSSR count). The number of nitrogens with one attached hydrogen (secondary N) is 1. The van der Waals surface area contributed by atoms with Crippen molar-refractivity contribution in [3.05, 3.63) is 29.8 Å². The lowest BCUT2D eigenvalue weighted by molar-refractivity contribution is 0.380. The Morgan fingerprint density at radius 2 is 1.89 bits per heavy atom. The number of rotatable bonds is 6. The SMILES string of the molecule is CCCC1CN(c2ccc(CNC3CC3)cc2)C1. The van der Waals surface area contributed by atoms with Crippen LogP contribution in [-0.4, -0.2) is 19.1 Å². The molecule has 2 fully saturated rings. The van der Waals surface area contributed by atoms with Crippen LogP contribution < -0.4 is 10.2 Å². The summed E-state index contributed by atoms with van der Waals surface area (Å²) in [6, 6.07) is 9.92. The smallest absolute Gasteiger partial charge is 0.0366 e. The van der Waals surface area contributed by atoms with E-state index < -0.39 is 0 Å². The van der Waals surface area contributed by atoms with Gasteiger partial charge in [-0.25, -0.2) is 0 Å². The third kappa shape index (κ3) is 2.86. The van der Waals surface area contributed by atoms with E-state index >= 15 is 0 Å². The van der Waals surface area contributed by atoms with Crippen LogP contribution in [0.2, 0.25) is 0 Å². The molecule has 0 atom stereocenters. The summed E-state index contributed by atoms with van der Waals surface area (Å²) >= 11 is 0. The first-order valence-electron chi connectivity index (χ1n) is 7.42. The highest BCUT2D eigenvalue weighted by Gasteiger charge is 2.25. The van der Waals surface area contributed by atoms with Crippen molar-refractivity contribution in [3.63, 3.8) is 0 Å². The van der Waals surface area contributed by atoms with Crippen LogP contribution in [0.1, 0.15) is 38.2 Å². The van der Waals surface area contributed by atoms with E-state index in [1.54, 1.807) is 0 Å². The summed E-state index contributed by atoms with van der Waals surface area (Å²) in [6.45, 7) is 5.83. The molecule has 0 spiro atoms. The number of benzene rings is 1. The van der Waals surface area contributed by atoms with E-state index in [1.807, 2.05) is 0 Å². The normalized spacial score (nSPS) is 19.9. The number of anilines is 1. The molecule has 2 aliphatic rings. The molecule has 0 amide bonds. The number of nitrogens with zero attached hydrogens (tertiary/aromatic N) is 1. The fraction of sp³-hybridized carbons (Fsp3) is 0.625. The van der Waals surface area contributed by atoms with Crippen LogP contribution in [0.5, 0.6) is 0 Å². The minimum absolute atomic E-state index is 0.801. The second kappa shape index (κ2) is 5.31. The van der Waals surface area contributed by atoms with E-state index in [9.17, 15) is 0 Å². The Morgan fingerprint density at radius 1 is 1.17 bits per heavy atom. The summed E-state index contributed by atoms with van der Waals surface area (Å²) in [5, 5.41) is 3.56. The Hall–Kier alpha value is -1.02. The Kier molecular flexibility index (Phi) is 3.55. The highest BCUT2D eigenvalue weighted by atomic mass is 15.2. The Labute approximate surface area is 110 Å². The molecule has 0 bridgehead atoms. The van der Waals surface area contributed by atoms with Crippen LogP contribution in [0.25, 0.3) is 0 Å². The second-order valence-corrected chi connectivity index (χ2v) is 5.88.